The zero-order chi connectivity index (χ0) is 32.8. The van der Waals surface area contributed by atoms with E-state index in [4.69, 9.17) is 37.8 Å². The van der Waals surface area contributed by atoms with Crippen molar-refractivity contribution in [2.75, 3.05) is 26.2 Å². The summed E-state index contributed by atoms with van der Waals surface area (Å²) in [7, 11) is 2.78. The first-order valence-electron chi connectivity index (χ1n) is 14.6. The summed E-state index contributed by atoms with van der Waals surface area (Å²) in [6, 6.07) is 3.13. The maximum Gasteiger partial charge on any atom is 0.303 e. The lowest BCUT2D eigenvalue weighted by Crippen LogP contribution is -2.60. The van der Waals surface area contributed by atoms with E-state index in [-0.39, 0.29) is 60.3 Å². The summed E-state index contributed by atoms with van der Waals surface area (Å²) in [5.41, 5.74) is 1.06. The monoisotopic (exact) mass is 726 g/mol. The number of phenolic OH excluding ortho intramolecular Hbond substituents is 1. The van der Waals surface area contributed by atoms with Crippen LogP contribution in [0.2, 0.25) is 0 Å². The highest BCUT2D eigenvalue weighted by Gasteiger charge is 2.75. The molecule has 5 rings (SSSR count). The van der Waals surface area contributed by atoms with Gasteiger partial charge in [-0.05, 0) is 49.3 Å². The van der Waals surface area contributed by atoms with Crippen LogP contribution in [0.3, 0.4) is 0 Å². The number of hydrogen-bond acceptors (Lipinski definition) is 8. The Hall–Kier alpha value is -3.09. The molecule has 3 fully saturated rings. The summed E-state index contributed by atoms with van der Waals surface area (Å²) in [5, 5.41) is 19.3. The standard InChI is InChI=1S/C31H33BrCl2N2O9/c1-44-21-12-16(13-22(45-2)25(21)39)7-10-20-17-8-9-18-24(27(41)35(26(18)40)11-5-3-4-6-23(37)38)19(17)14-30(33)28(42)36(15-32)29(43)31(20,30)34/h7-8,10,12-13,18-20,24,39H,3-6,9,11,14-15H2,1-2H3,(H,37,38)/t18-,19+,20-,24-,30+,31-/m0/s1. The fraction of sp³-hybridized carbons (Fsp3) is 0.516. The number of carbonyl (C=O) groups excluding carboxylic acids is 4. The number of aromatic hydroxyl groups is 1. The second kappa shape index (κ2) is 12.6. The van der Waals surface area contributed by atoms with E-state index < -0.39 is 51.2 Å². The number of hydrogen-bond donors (Lipinski definition) is 2. The largest absolute Gasteiger partial charge is 0.502 e. The van der Waals surface area contributed by atoms with Gasteiger partial charge in [0, 0.05) is 18.9 Å². The van der Waals surface area contributed by atoms with Gasteiger partial charge in [-0.25, -0.2) is 0 Å². The van der Waals surface area contributed by atoms with Gasteiger partial charge in [-0.15, -0.1) is 23.2 Å². The SMILES string of the molecule is COc1cc(C=C[C@H]2C3=CC[C@@H]4C(=O)N(CCCCCC(=O)O)C(=O)[C@@H]4[C@@H]3C[C@@]3(Cl)C(=O)N(CBr)C(=O)[C@@]23Cl)cc(OC)c1O. The van der Waals surface area contributed by atoms with Crippen molar-refractivity contribution in [3.8, 4) is 17.2 Å². The molecular weight excluding hydrogens is 695 g/mol. The van der Waals surface area contributed by atoms with Gasteiger partial charge in [0.15, 0.2) is 21.2 Å². The summed E-state index contributed by atoms with van der Waals surface area (Å²) in [5.74, 6) is -5.84. The molecule has 0 aromatic heterocycles. The van der Waals surface area contributed by atoms with E-state index in [9.17, 15) is 29.1 Å². The number of halogens is 3. The van der Waals surface area contributed by atoms with Crippen molar-refractivity contribution in [1.29, 1.82) is 0 Å². The van der Waals surface area contributed by atoms with Gasteiger partial charge in [0.1, 0.15) is 0 Å². The van der Waals surface area contributed by atoms with Gasteiger partial charge in [0.2, 0.25) is 17.6 Å². The van der Waals surface area contributed by atoms with Gasteiger partial charge in [-0.1, -0.05) is 46.2 Å². The van der Waals surface area contributed by atoms with Crippen molar-refractivity contribution in [1.82, 2.24) is 9.80 Å². The smallest absolute Gasteiger partial charge is 0.303 e. The van der Waals surface area contributed by atoms with Gasteiger partial charge in [0.25, 0.3) is 11.8 Å². The number of imide groups is 2. The van der Waals surface area contributed by atoms with E-state index in [2.05, 4.69) is 15.9 Å². The number of aliphatic carboxylic acids is 1. The van der Waals surface area contributed by atoms with Gasteiger partial charge < -0.3 is 19.7 Å². The summed E-state index contributed by atoms with van der Waals surface area (Å²) in [6.07, 6.45) is 6.76. The number of carbonyl (C=O) groups is 5. The Balaban J connectivity index is 1.53. The van der Waals surface area contributed by atoms with Crippen LogP contribution in [0.15, 0.2) is 29.9 Å². The molecule has 11 nitrogen and oxygen atoms in total. The molecule has 1 saturated carbocycles. The van der Waals surface area contributed by atoms with Crippen molar-refractivity contribution in [2.45, 2.75) is 48.3 Å². The van der Waals surface area contributed by atoms with Crippen LogP contribution in [-0.4, -0.2) is 85.6 Å². The van der Waals surface area contributed by atoms with Gasteiger partial charge in [0.05, 0.1) is 31.5 Å². The number of alkyl halides is 3. The Morgan fingerprint density at radius 2 is 1.69 bits per heavy atom. The molecule has 4 aliphatic rings. The fourth-order valence-corrected chi connectivity index (χ4v) is 8.61. The number of ether oxygens (including phenoxy) is 2. The van der Waals surface area contributed by atoms with Gasteiger partial charge in [-0.2, -0.15) is 0 Å². The van der Waals surface area contributed by atoms with Crippen LogP contribution in [0, 0.1) is 23.7 Å². The average molecular weight is 728 g/mol. The van der Waals surface area contributed by atoms with Crippen LogP contribution in [0.5, 0.6) is 17.2 Å². The molecule has 1 aromatic carbocycles. The van der Waals surface area contributed by atoms with Crippen molar-refractivity contribution in [2.24, 2.45) is 23.7 Å². The normalized spacial score (nSPS) is 30.8. The molecule has 14 heteroatoms. The zero-order valence-electron chi connectivity index (χ0n) is 24.6. The van der Waals surface area contributed by atoms with E-state index in [1.165, 1.54) is 19.1 Å². The Morgan fingerprint density at radius 1 is 1.02 bits per heavy atom. The molecule has 4 amide bonds. The Morgan fingerprint density at radius 3 is 2.29 bits per heavy atom. The molecule has 2 aliphatic heterocycles. The first kappa shape index (κ1) is 33.3. The zero-order valence-corrected chi connectivity index (χ0v) is 27.7. The number of benzene rings is 1. The van der Waals surface area contributed by atoms with Gasteiger partial charge >= 0.3 is 5.97 Å². The fourth-order valence-electron chi connectivity index (χ4n) is 7.23. The third-order valence-electron chi connectivity index (χ3n) is 9.42. The molecule has 6 atom stereocenters. The van der Waals surface area contributed by atoms with Gasteiger partial charge in [-0.3, -0.25) is 33.8 Å². The van der Waals surface area contributed by atoms with E-state index in [0.29, 0.717) is 30.4 Å². The molecule has 1 aromatic rings. The Bertz CT molecular complexity index is 1490. The lowest BCUT2D eigenvalue weighted by atomic mass is 9.57. The molecule has 0 spiro atoms. The minimum Gasteiger partial charge on any atom is -0.502 e. The summed E-state index contributed by atoms with van der Waals surface area (Å²) >= 11 is 17.6. The van der Waals surface area contributed by atoms with Crippen LogP contribution >= 0.6 is 39.1 Å². The molecule has 2 aliphatic carbocycles. The number of methoxy groups -OCH3 is 2. The molecular formula is C31H33BrCl2N2O9. The number of fused-ring (bicyclic) bond motifs is 4. The molecule has 0 radical (unpaired) electrons. The van der Waals surface area contributed by atoms with E-state index >= 15 is 0 Å². The van der Waals surface area contributed by atoms with Crippen molar-refractivity contribution < 1.29 is 43.7 Å². The number of rotatable bonds is 11. The predicted molar refractivity (Wildman–Crippen MR) is 167 cm³/mol. The molecule has 2 saturated heterocycles. The first-order valence-corrected chi connectivity index (χ1v) is 16.4. The Labute approximate surface area is 278 Å². The molecule has 2 N–H and O–H groups in total. The summed E-state index contributed by atoms with van der Waals surface area (Å²) < 4.78 is 10.5. The summed E-state index contributed by atoms with van der Waals surface area (Å²) in [6.45, 7) is 0.167. The topological polar surface area (TPSA) is 151 Å². The molecule has 0 unspecified atom stereocenters. The van der Waals surface area contributed by atoms with E-state index in [0.717, 1.165) is 4.90 Å². The number of allylic oxidation sites excluding steroid dienone is 3. The second-order valence-electron chi connectivity index (χ2n) is 11.7. The Kier molecular flexibility index (Phi) is 9.32. The first-order chi connectivity index (χ1) is 21.3. The van der Waals surface area contributed by atoms with Crippen LogP contribution in [0.4, 0.5) is 0 Å². The minimum absolute atomic E-state index is 0.0112. The maximum atomic E-state index is 13.8. The van der Waals surface area contributed by atoms with Crippen LogP contribution in [0.25, 0.3) is 6.08 Å². The maximum absolute atomic E-state index is 13.8. The summed E-state index contributed by atoms with van der Waals surface area (Å²) in [4.78, 5) is 64.0. The highest BCUT2D eigenvalue weighted by Crippen LogP contribution is 2.63. The van der Waals surface area contributed by atoms with Crippen LogP contribution < -0.4 is 9.47 Å². The predicted octanol–water partition coefficient (Wildman–Crippen LogP) is 4.31. The second-order valence-corrected chi connectivity index (χ2v) is 13.4. The van der Waals surface area contributed by atoms with E-state index in [1.54, 1.807) is 24.3 Å². The van der Waals surface area contributed by atoms with E-state index in [1.807, 2.05) is 6.08 Å². The number of carboxylic acid groups (broad SMARTS) is 1. The highest BCUT2D eigenvalue weighted by atomic mass is 79.9. The molecule has 2 heterocycles. The minimum atomic E-state index is -1.92. The van der Waals surface area contributed by atoms with Crippen molar-refractivity contribution in [3.05, 3.63) is 35.4 Å². The lowest BCUT2D eigenvalue weighted by Gasteiger charge is -2.49. The third kappa shape index (κ3) is 5.22. The molecule has 45 heavy (non-hydrogen) atoms. The average Bonchev–Trinajstić information content (AvgIpc) is 3.34. The number of unbranched alkanes of at least 4 members (excludes halogenated alkanes) is 2. The number of nitrogens with zero attached hydrogens (tertiary/aromatic N) is 2. The quantitative estimate of drug-likeness (QED) is 0.112. The van der Waals surface area contributed by atoms with Crippen LogP contribution in [0.1, 0.15) is 44.1 Å². The molecule has 0 bridgehead atoms. The number of amides is 4. The molecule has 242 valence electrons. The van der Waals surface area contributed by atoms with Crippen molar-refractivity contribution in [3.63, 3.8) is 0 Å². The number of phenols is 1. The lowest BCUT2D eigenvalue weighted by molar-refractivity contribution is -0.141. The van der Waals surface area contributed by atoms with Crippen LogP contribution in [-0.2, 0) is 24.0 Å². The van der Waals surface area contributed by atoms with Crippen molar-refractivity contribution >= 4 is 74.8 Å². The highest BCUT2D eigenvalue weighted by molar-refractivity contribution is 9.09. The number of carboxylic acids is 1. The number of likely N-dealkylation sites (tertiary alicyclic amines) is 2. The third-order valence-corrected chi connectivity index (χ3v) is 11.3.